The summed E-state index contributed by atoms with van der Waals surface area (Å²) >= 11 is 0. The molecule has 21 heavy (non-hydrogen) atoms. The molecule has 0 unspecified atom stereocenters. The van der Waals surface area contributed by atoms with Gasteiger partial charge in [-0.1, -0.05) is 19.8 Å². The summed E-state index contributed by atoms with van der Waals surface area (Å²) in [6, 6.07) is 6.53. The van der Waals surface area contributed by atoms with Crippen LogP contribution in [0.15, 0.2) is 24.3 Å². The van der Waals surface area contributed by atoms with Crippen molar-refractivity contribution in [3.8, 4) is 18.1 Å². The number of carbonyl (C=O) groups excluding carboxylic acids is 1. The van der Waals surface area contributed by atoms with Crippen molar-refractivity contribution in [2.45, 2.75) is 32.3 Å². The van der Waals surface area contributed by atoms with Crippen LogP contribution in [0.5, 0.6) is 5.75 Å². The molecule has 1 aromatic rings. The molecular weight excluding hydrogens is 268 g/mol. The standard InChI is InChI=1S/C16H22N2O3/c1-4-11-21-14-9-7-13(8-10-14)18-15(19)17-12-16(20,5-2)6-3/h1,7-10,20H,5-6,11-12H2,2-3H3,(H2,17,18,19). The van der Waals surface area contributed by atoms with Crippen LogP contribution in [-0.4, -0.2) is 29.9 Å². The van der Waals surface area contributed by atoms with Crippen LogP contribution in [0.1, 0.15) is 26.7 Å². The molecule has 5 nitrogen and oxygen atoms in total. The number of urea groups is 1. The zero-order valence-corrected chi connectivity index (χ0v) is 12.5. The Morgan fingerprint density at radius 1 is 1.33 bits per heavy atom. The van der Waals surface area contributed by atoms with Crippen LogP contribution < -0.4 is 15.4 Å². The average Bonchev–Trinajstić information content (AvgIpc) is 2.52. The number of carbonyl (C=O) groups is 1. The molecule has 114 valence electrons. The van der Waals surface area contributed by atoms with Crippen LogP contribution in [0.3, 0.4) is 0 Å². The Labute approximate surface area is 125 Å². The Morgan fingerprint density at radius 3 is 2.48 bits per heavy atom. The van der Waals surface area contributed by atoms with Gasteiger partial charge in [-0.05, 0) is 37.1 Å². The molecule has 1 rings (SSSR count). The van der Waals surface area contributed by atoms with Gasteiger partial charge in [0.25, 0.3) is 0 Å². The summed E-state index contributed by atoms with van der Waals surface area (Å²) in [5.74, 6) is 3.02. The highest BCUT2D eigenvalue weighted by Crippen LogP contribution is 2.16. The highest BCUT2D eigenvalue weighted by molar-refractivity contribution is 5.89. The van der Waals surface area contributed by atoms with E-state index in [-0.39, 0.29) is 19.2 Å². The summed E-state index contributed by atoms with van der Waals surface area (Å²) in [5.41, 5.74) is -0.221. The maximum absolute atomic E-state index is 11.8. The van der Waals surface area contributed by atoms with Gasteiger partial charge < -0.3 is 20.5 Å². The predicted molar refractivity (Wildman–Crippen MR) is 83.3 cm³/mol. The van der Waals surface area contributed by atoms with E-state index >= 15 is 0 Å². The van der Waals surface area contributed by atoms with Gasteiger partial charge in [0, 0.05) is 12.2 Å². The van der Waals surface area contributed by atoms with Gasteiger partial charge in [0.1, 0.15) is 12.4 Å². The second kappa shape index (κ2) is 8.18. The highest BCUT2D eigenvalue weighted by atomic mass is 16.5. The third kappa shape index (κ3) is 5.76. The quantitative estimate of drug-likeness (QED) is 0.675. The van der Waals surface area contributed by atoms with Gasteiger partial charge in [0.15, 0.2) is 0 Å². The van der Waals surface area contributed by atoms with Crippen molar-refractivity contribution >= 4 is 11.7 Å². The number of benzene rings is 1. The lowest BCUT2D eigenvalue weighted by molar-refractivity contribution is 0.0354. The second-order valence-corrected chi connectivity index (χ2v) is 4.76. The lowest BCUT2D eigenvalue weighted by Crippen LogP contribution is -2.43. The Hall–Kier alpha value is -2.19. The zero-order chi connectivity index (χ0) is 15.7. The molecule has 2 amide bonds. The number of nitrogens with one attached hydrogen (secondary N) is 2. The minimum absolute atomic E-state index is 0.208. The fraction of sp³-hybridized carbons (Fsp3) is 0.438. The van der Waals surface area contributed by atoms with Crippen LogP contribution >= 0.6 is 0 Å². The van der Waals surface area contributed by atoms with E-state index in [0.717, 1.165) is 0 Å². The normalized spacial score (nSPS) is 10.6. The van der Waals surface area contributed by atoms with Crippen LogP contribution in [0.2, 0.25) is 0 Å². The van der Waals surface area contributed by atoms with Crippen LogP contribution in [-0.2, 0) is 0 Å². The minimum Gasteiger partial charge on any atom is -0.481 e. The molecule has 0 saturated heterocycles. The molecule has 0 aliphatic heterocycles. The number of ether oxygens (including phenoxy) is 1. The average molecular weight is 290 g/mol. The smallest absolute Gasteiger partial charge is 0.319 e. The van der Waals surface area contributed by atoms with Gasteiger partial charge in [0.2, 0.25) is 0 Å². The topological polar surface area (TPSA) is 70.6 Å². The van der Waals surface area contributed by atoms with Gasteiger partial charge in [0.05, 0.1) is 5.60 Å². The number of aliphatic hydroxyl groups is 1. The van der Waals surface area contributed by atoms with E-state index in [9.17, 15) is 9.90 Å². The molecule has 0 aromatic heterocycles. The van der Waals surface area contributed by atoms with E-state index in [4.69, 9.17) is 11.2 Å². The van der Waals surface area contributed by atoms with Crippen molar-refractivity contribution < 1.29 is 14.6 Å². The van der Waals surface area contributed by atoms with Gasteiger partial charge in [-0.15, -0.1) is 6.42 Å². The first-order valence-corrected chi connectivity index (χ1v) is 6.96. The molecular formula is C16H22N2O3. The van der Waals surface area contributed by atoms with E-state index in [1.165, 1.54) is 0 Å². The van der Waals surface area contributed by atoms with E-state index in [1.54, 1.807) is 24.3 Å². The first kappa shape index (κ1) is 16.9. The van der Waals surface area contributed by atoms with Crippen molar-refractivity contribution in [3.63, 3.8) is 0 Å². The van der Waals surface area contributed by atoms with Crippen molar-refractivity contribution in [2.24, 2.45) is 0 Å². The monoisotopic (exact) mass is 290 g/mol. The largest absolute Gasteiger partial charge is 0.481 e. The molecule has 0 fully saturated rings. The van der Waals surface area contributed by atoms with Crippen molar-refractivity contribution in [3.05, 3.63) is 24.3 Å². The van der Waals surface area contributed by atoms with Crippen molar-refractivity contribution in [2.75, 3.05) is 18.5 Å². The molecule has 0 bridgehead atoms. The molecule has 0 saturated carbocycles. The number of rotatable bonds is 7. The molecule has 0 aliphatic rings. The van der Waals surface area contributed by atoms with Gasteiger partial charge in [-0.3, -0.25) is 0 Å². The van der Waals surface area contributed by atoms with Crippen molar-refractivity contribution in [1.82, 2.24) is 5.32 Å². The molecule has 0 heterocycles. The zero-order valence-electron chi connectivity index (χ0n) is 12.5. The van der Waals surface area contributed by atoms with E-state index in [0.29, 0.717) is 24.3 Å². The second-order valence-electron chi connectivity index (χ2n) is 4.76. The molecule has 5 heteroatoms. The summed E-state index contributed by atoms with van der Waals surface area (Å²) in [6.45, 7) is 4.20. The first-order chi connectivity index (χ1) is 10.0. The number of anilines is 1. The molecule has 0 radical (unpaired) electrons. The summed E-state index contributed by atoms with van der Waals surface area (Å²) in [4.78, 5) is 11.8. The Kier molecular flexibility index (Phi) is 6.57. The Morgan fingerprint density at radius 2 is 1.95 bits per heavy atom. The van der Waals surface area contributed by atoms with E-state index in [1.807, 2.05) is 13.8 Å². The highest BCUT2D eigenvalue weighted by Gasteiger charge is 2.22. The number of terminal acetylenes is 1. The maximum atomic E-state index is 11.8. The third-order valence-corrected chi connectivity index (χ3v) is 3.33. The van der Waals surface area contributed by atoms with Crippen LogP contribution in [0.4, 0.5) is 10.5 Å². The molecule has 3 N–H and O–H groups in total. The van der Waals surface area contributed by atoms with E-state index in [2.05, 4.69) is 16.6 Å². The van der Waals surface area contributed by atoms with Crippen LogP contribution in [0, 0.1) is 12.3 Å². The predicted octanol–water partition coefficient (Wildman–Crippen LogP) is 2.37. The van der Waals surface area contributed by atoms with Crippen molar-refractivity contribution in [1.29, 1.82) is 0 Å². The number of hydrogen-bond donors (Lipinski definition) is 3. The Balaban J connectivity index is 2.46. The third-order valence-electron chi connectivity index (χ3n) is 3.33. The summed E-state index contributed by atoms with van der Waals surface area (Å²) in [7, 11) is 0. The molecule has 0 aliphatic carbocycles. The molecule has 0 spiro atoms. The minimum atomic E-state index is -0.857. The summed E-state index contributed by atoms with van der Waals surface area (Å²) < 4.78 is 5.24. The molecule has 0 atom stereocenters. The van der Waals surface area contributed by atoms with Gasteiger partial charge >= 0.3 is 6.03 Å². The summed E-state index contributed by atoms with van der Waals surface area (Å²) in [6.07, 6.45) is 6.28. The fourth-order valence-corrected chi connectivity index (χ4v) is 1.68. The van der Waals surface area contributed by atoms with E-state index < -0.39 is 5.60 Å². The molecule has 1 aromatic carbocycles. The number of hydrogen-bond acceptors (Lipinski definition) is 3. The fourth-order valence-electron chi connectivity index (χ4n) is 1.68. The maximum Gasteiger partial charge on any atom is 0.319 e. The van der Waals surface area contributed by atoms with Gasteiger partial charge in [-0.2, -0.15) is 0 Å². The van der Waals surface area contributed by atoms with Gasteiger partial charge in [-0.25, -0.2) is 4.79 Å². The first-order valence-electron chi connectivity index (χ1n) is 6.96. The lowest BCUT2D eigenvalue weighted by atomic mass is 9.98. The number of amides is 2. The Bertz CT molecular complexity index is 487. The lowest BCUT2D eigenvalue weighted by Gasteiger charge is -2.25. The SMILES string of the molecule is C#CCOc1ccc(NC(=O)NCC(O)(CC)CC)cc1. The van der Waals surface area contributed by atoms with Crippen LogP contribution in [0.25, 0.3) is 0 Å². The summed E-state index contributed by atoms with van der Waals surface area (Å²) in [5, 5.41) is 15.4.